The number of piperazine rings is 1. The van der Waals surface area contributed by atoms with E-state index in [1.54, 1.807) is 0 Å². The summed E-state index contributed by atoms with van der Waals surface area (Å²) in [5.41, 5.74) is 1.10. The topological polar surface area (TPSA) is 61.4 Å². The van der Waals surface area contributed by atoms with Crippen LogP contribution in [0.1, 0.15) is 31.7 Å². The highest BCUT2D eigenvalue weighted by Gasteiger charge is 2.27. The molecule has 26 heavy (non-hydrogen) atoms. The lowest BCUT2D eigenvalue weighted by Crippen LogP contribution is -2.50. The molecule has 1 N–H and O–H groups in total. The first kappa shape index (κ1) is 18.2. The summed E-state index contributed by atoms with van der Waals surface area (Å²) in [6.07, 6.45) is 0.820. The molecule has 0 aliphatic carbocycles. The van der Waals surface area contributed by atoms with Crippen LogP contribution < -0.4 is 10.2 Å². The summed E-state index contributed by atoms with van der Waals surface area (Å²) in [6, 6.07) is 14.0. The average molecular weight is 353 g/mol. The van der Waals surface area contributed by atoms with Crippen molar-refractivity contribution in [2.75, 3.05) is 42.9 Å². The van der Waals surface area contributed by atoms with Gasteiger partial charge in [0.2, 0.25) is 5.91 Å². The Kier molecular flexibility index (Phi) is 6.04. The lowest BCUT2D eigenvalue weighted by atomic mass is 9.95. The lowest BCUT2D eigenvalue weighted by Gasteiger charge is -2.36. The molecule has 2 heterocycles. The fourth-order valence-electron chi connectivity index (χ4n) is 3.38. The molecule has 2 aromatic rings. The fraction of sp³-hybridized carbons (Fsp3) is 0.450. The monoisotopic (exact) mass is 353 g/mol. The fourth-order valence-corrected chi connectivity index (χ4v) is 3.38. The van der Waals surface area contributed by atoms with E-state index in [1.807, 2.05) is 54.3 Å². The summed E-state index contributed by atoms with van der Waals surface area (Å²) < 4.78 is 0. The third-order valence-corrected chi connectivity index (χ3v) is 4.83. The molecule has 138 valence electrons. The van der Waals surface area contributed by atoms with E-state index >= 15 is 0 Å². The molecule has 0 bridgehead atoms. The largest absolute Gasteiger partial charge is 0.369 e. The molecule has 1 atom stereocenters. The number of carbonyl (C=O) groups excluding carboxylic acids is 1. The molecule has 3 rings (SSSR count). The summed E-state index contributed by atoms with van der Waals surface area (Å²) in [5, 5.41) is 11.6. The molecule has 1 aliphatic rings. The number of benzene rings is 1. The molecule has 0 saturated carbocycles. The quantitative estimate of drug-likeness (QED) is 0.865. The third-order valence-electron chi connectivity index (χ3n) is 4.83. The zero-order valence-corrected chi connectivity index (χ0v) is 15.6. The zero-order valence-electron chi connectivity index (χ0n) is 15.6. The van der Waals surface area contributed by atoms with E-state index in [-0.39, 0.29) is 11.8 Å². The van der Waals surface area contributed by atoms with Gasteiger partial charge in [-0.1, -0.05) is 37.3 Å². The molecule has 6 nitrogen and oxygen atoms in total. The van der Waals surface area contributed by atoms with Gasteiger partial charge >= 0.3 is 0 Å². The second-order valence-electron chi connectivity index (χ2n) is 6.49. The molecule has 0 spiro atoms. The van der Waals surface area contributed by atoms with Gasteiger partial charge in [-0.15, -0.1) is 10.2 Å². The molecular formula is C20H27N5O. The van der Waals surface area contributed by atoms with Gasteiger partial charge in [0.15, 0.2) is 5.82 Å². The van der Waals surface area contributed by atoms with Crippen LogP contribution in [-0.4, -0.2) is 53.7 Å². The molecule has 6 heteroatoms. The van der Waals surface area contributed by atoms with Crippen molar-refractivity contribution in [3.8, 4) is 0 Å². The standard InChI is InChI=1S/C20H27N5O/c1-3-17(16-8-6-5-7-9-16)20(26)25-14-12-24(13-15-25)19-11-10-18(21-4-2)22-23-19/h5-11,17H,3-4,12-15H2,1-2H3,(H,21,22). The number of hydrogen-bond donors (Lipinski definition) is 1. The average Bonchev–Trinajstić information content (AvgIpc) is 2.70. The molecule has 1 aromatic carbocycles. The van der Waals surface area contributed by atoms with Gasteiger partial charge in [-0.05, 0) is 31.0 Å². The van der Waals surface area contributed by atoms with E-state index in [4.69, 9.17) is 0 Å². The van der Waals surface area contributed by atoms with Crippen LogP contribution in [-0.2, 0) is 4.79 Å². The Morgan fingerprint density at radius 2 is 1.77 bits per heavy atom. The first-order chi connectivity index (χ1) is 12.7. The maximum Gasteiger partial charge on any atom is 0.230 e. The van der Waals surface area contributed by atoms with Crippen molar-refractivity contribution in [2.45, 2.75) is 26.2 Å². The SMILES string of the molecule is CCNc1ccc(N2CCN(C(=O)C(CC)c3ccccc3)CC2)nn1. The predicted molar refractivity (Wildman–Crippen MR) is 104 cm³/mol. The van der Waals surface area contributed by atoms with Crippen LogP contribution in [0.15, 0.2) is 42.5 Å². The Morgan fingerprint density at radius 1 is 1.04 bits per heavy atom. The Balaban J connectivity index is 1.59. The maximum absolute atomic E-state index is 13.0. The van der Waals surface area contributed by atoms with Crippen LogP contribution in [0.4, 0.5) is 11.6 Å². The Labute approximate surface area is 155 Å². The van der Waals surface area contributed by atoms with E-state index in [1.165, 1.54) is 0 Å². The predicted octanol–water partition coefficient (Wildman–Crippen LogP) is 2.75. The van der Waals surface area contributed by atoms with E-state index < -0.39 is 0 Å². The minimum atomic E-state index is -0.0538. The number of hydrogen-bond acceptors (Lipinski definition) is 5. The Morgan fingerprint density at radius 3 is 2.35 bits per heavy atom. The summed E-state index contributed by atoms with van der Waals surface area (Å²) in [6.45, 7) is 7.95. The number of amides is 1. The van der Waals surface area contributed by atoms with Crippen molar-refractivity contribution < 1.29 is 4.79 Å². The van der Waals surface area contributed by atoms with Gasteiger partial charge in [-0.3, -0.25) is 4.79 Å². The number of nitrogens with zero attached hydrogens (tertiary/aromatic N) is 4. The molecule has 1 aromatic heterocycles. The number of anilines is 2. The second kappa shape index (κ2) is 8.65. The molecule has 1 saturated heterocycles. The highest BCUT2D eigenvalue weighted by Crippen LogP contribution is 2.23. The molecular weight excluding hydrogens is 326 g/mol. The van der Waals surface area contributed by atoms with Crippen LogP contribution in [0, 0.1) is 0 Å². The summed E-state index contributed by atoms with van der Waals surface area (Å²) in [5.74, 6) is 1.83. The lowest BCUT2D eigenvalue weighted by molar-refractivity contribution is -0.133. The first-order valence-electron chi connectivity index (χ1n) is 9.39. The number of rotatable bonds is 6. The van der Waals surface area contributed by atoms with Gasteiger partial charge in [0.05, 0.1) is 5.92 Å². The van der Waals surface area contributed by atoms with E-state index in [9.17, 15) is 4.79 Å². The summed E-state index contributed by atoms with van der Waals surface area (Å²) >= 11 is 0. The van der Waals surface area contributed by atoms with Crippen LogP contribution in [0.25, 0.3) is 0 Å². The first-order valence-corrected chi connectivity index (χ1v) is 9.39. The van der Waals surface area contributed by atoms with Crippen molar-refractivity contribution in [1.82, 2.24) is 15.1 Å². The molecule has 1 fully saturated rings. The van der Waals surface area contributed by atoms with Crippen molar-refractivity contribution >= 4 is 17.5 Å². The van der Waals surface area contributed by atoms with Crippen molar-refractivity contribution in [1.29, 1.82) is 0 Å². The van der Waals surface area contributed by atoms with E-state index in [2.05, 4.69) is 27.3 Å². The number of aromatic nitrogens is 2. The Bertz CT molecular complexity index is 696. The van der Waals surface area contributed by atoms with Crippen molar-refractivity contribution in [3.63, 3.8) is 0 Å². The molecule has 1 aliphatic heterocycles. The Hall–Kier alpha value is -2.63. The van der Waals surface area contributed by atoms with Gasteiger partial charge in [0.1, 0.15) is 5.82 Å². The molecule has 1 unspecified atom stereocenters. The van der Waals surface area contributed by atoms with Crippen LogP contribution in [0.5, 0.6) is 0 Å². The highest BCUT2D eigenvalue weighted by atomic mass is 16.2. The minimum absolute atomic E-state index is 0.0538. The molecule has 0 radical (unpaired) electrons. The van der Waals surface area contributed by atoms with Crippen molar-refractivity contribution in [3.05, 3.63) is 48.0 Å². The molecule has 1 amide bonds. The van der Waals surface area contributed by atoms with Crippen molar-refractivity contribution in [2.24, 2.45) is 0 Å². The smallest absolute Gasteiger partial charge is 0.230 e. The van der Waals surface area contributed by atoms with Crippen LogP contribution in [0.3, 0.4) is 0 Å². The summed E-state index contributed by atoms with van der Waals surface area (Å²) in [7, 11) is 0. The van der Waals surface area contributed by atoms with E-state index in [0.29, 0.717) is 0 Å². The second-order valence-corrected chi connectivity index (χ2v) is 6.49. The number of carbonyl (C=O) groups is 1. The normalized spacial score (nSPS) is 15.6. The van der Waals surface area contributed by atoms with Crippen LogP contribution >= 0.6 is 0 Å². The highest BCUT2D eigenvalue weighted by molar-refractivity contribution is 5.84. The zero-order chi connectivity index (χ0) is 18.4. The van der Waals surface area contributed by atoms with Gasteiger partial charge in [-0.25, -0.2) is 0 Å². The van der Waals surface area contributed by atoms with E-state index in [0.717, 1.165) is 56.3 Å². The van der Waals surface area contributed by atoms with Gasteiger partial charge < -0.3 is 15.1 Å². The van der Waals surface area contributed by atoms with Gasteiger partial charge in [0, 0.05) is 32.7 Å². The minimum Gasteiger partial charge on any atom is -0.369 e. The van der Waals surface area contributed by atoms with Gasteiger partial charge in [0.25, 0.3) is 0 Å². The van der Waals surface area contributed by atoms with Crippen LogP contribution in [0.2, 0.25) is 0 Å². The number of nitrogens with one attached hydrogen (secondary N) is 1. The maximum atomic E-state index is 13.0. The third kappa shape index (κ3) is 4.12. The van der Waals surface area contributed by atoms with Gasteiger partial charge in [-0.2, -0.15) is 0 Å². The summed E-state index contributed by atoms with van der Waals surface area (Å²) in [4.78, 5) is 17.1.